The van der Waals surface area contributed by atoms with Gasteiger partial charge in [0.25, 0.3) is 0 Å². The summed E-state index contributed by atoms with van der Waals surface area (Å²) in [7, 11) is 0. The van der Waals surface area contributed by atoms with E-state index in [4.69, 9.17) is 0 Å². The number of fused-ring (bicyclic) bond motifs is 8. The molecule has 0 atom stereocenters. The fourth-order valence-electron chi connectivity index (χ4n) is 2.83. The fourth-order valence-corrected chi connectivity index (χ4v) is 2.83. The molecule has 0 N–H and O–H groups in total. The minimum Gasteiger partial charge on any atom is -1.00 e. The van der Waals surface area contributed by atoms with E-state index >= 15 is 0 Å². The average molecular weight is 681 g/mol. The second kappa shape index (κ2) is 9.37. The van der Waals surface area contributed by atoms with E-state index in [1.165, 1.54) is 0 Å². The molecule has 0 radical (unpaired) electrons. The van der Waals surface area contributed by atoms with Gasteiger partial charge in [0.05, 0.1) is 22.8 Å². The Hall–Kier alpha value is -1.14. The maximum absolute atomic E-state index is 4.59. The minimum absolute atomic E-state index is 0. The maximum Gasteiger partial charge on any atom is 4.00 e. The van der Waals surface area contributed by atoms with Gasteiger partial charge in [0, 0.05) is 0 Å². The van der Waals surface area contributed by atoms with Gasteiger partial charge in [0.1, 0.15) is 0 Å². The first-order chi connectivity index (χ1) is 11.8. The molecule has 2 aliphatic heterocycles. The molecule has 0 amide bonds. The second-order valence-corrected chi connectivity index (χ2v) is 5.76. The molecule has 2 aliphatic rings. The van der Waals surface area contributed by atoms with Crippen LogP contribution in [0.4, 0.5) is 0 Å². The van der Waals surface area contributed by atoms with Crippen LogP contribution in [0, 0.1) is 0 Å². The second-order valence-electron chi connectivity index (χ2n) is 5.76. The number of halogens is 2. The van der Waals surface area contributed by atoms with Crippen LogP contribution in [0.25, 0.3) is 46.4 Å². The molecule has 27 heavy (non-hydrogen) atoms. The van der Waals surface area contributed by atoms with Crippen LogP contribution in [0.1, 0.15) is 22.8 Å². The summed E-state index contributed by atoms with van der Waals surface area (Å²) in [6.45, 7) is 0. The molecule has 0 saturated carbocycles. The van der Waals surface area contributed by atoms with Crippen LogP contribution in [0.2, 0.25) is 0 Å². The Morgan fingerprint density at radius 2 is 0.815 bits per heavy atom. The molecule has 5 rings (SSSR count). The third kappa shape index (κ3) is 5.02. The summed E-state index contributed by atoms with van der Waals surface area (Å²) in [6, 6.07) is 15.9. The van der Waals surface area contributed by atoms with Crippen molar-refractivity contribution in [2.24, 2.45) is 0 Å². The van der Waals surface area contributed by atoms with E-state index in [0.29, 0.717) is 0 Å². The van der Waals surface area contributed by atoms with E-state index in [9.17, 15) is 0 Å². The molecule has 8 bridgehead atoms. The zero-order valence-electron chi connectivity index (χ0n) is 14.0. The average Bonchev–Trinajstić information content (AvgIpc) is 3.32. The van der Waals surface area contributed by atoms with Crippen LogP contribution < -0.4 is 57.9 Å². The fraction of sp³-hybridized carbons (Fsp3) is 0. The predicted octanol–water partition coefficient (Wildman–Crippen LogP) is -2.46. The topological polar surface area (TPSA) is 54.0 Å². The quantitative estimate of drug-likeness (QED) is 0.135. The first kappa shape index (κ1) is 22.2. The largest absolute Gasteiger partial charge is 4.00 e. The van der Waals surface area contributed by atoms with E-state index in [2.05, 4.69) is 19.9 Å². The van der Waals surface area contributed by atoms with Crippen molar-refractivity contribution in [2.75, 3.05) is 0 Å². The first-order valence-electron chi connectivity index (χ1n) is 7.74. The predicted molar refractivity (Wildman–Crippen MR) is 103 cm³/mol. The van der Waals surface area contributed by atoms with Crippen molar-refractivity contribution < 1.29 is 48.0 Å². The van der Waals surface area contributed by atoms with Gasteiger partial charge >= 0.3 is 23.9 Å². The smallest absolute Gasteiger partial charge is 1.00 e. The van der Waals surface area contributed by atoms with E-state index < -0.39 is 0 Å². The van der Waals surface area contributed by atoms with Gasteiger partial charge in [-0.25, -0.2) is 9.97 Å². The molecule has 0 unspecified atom stereocenters. The zero-order chi connectivity index (χ0) is 15.9. The van der Waals surface area contributed by atoms with Gasteiger partial charge in [0.15, 0.2) is 0 Å². The number of nitrogens with zero attached hydrogens (tertiary/aromatic N) is 4. The third-order valence-corrected chi connectivity index (χ3v) is 3.92. The molecule has 4 nitrogen and oxygen atoms in total. The molecule has 0 aliphatic carbocycles. The van der Waals surface area contributed by atoms with Gasteiger partial charge in [-0.1, -0.05) is 42.5 Å². The molecule has 3 aromatic heterocycles. The molecular weight excluding hydrogens is 669 g/mol. The number of aromatic nitrogens is 4. The molecule has 0 saturated heterocycles. The van der Waals surface area contributed by atoms with Crippen LogP contribution in [0.5, 0.6) is 0 Å². The van der Waals surface area contributed by atoms with Crippen molar-refractivity contribution in [3.05, 3.63) is 71.3 Å². The van der Waals surface area contributed by atoms with Gasteiger partial charge < -0.3 is 57.9 Å². The number of hydrogen-bond donors (Lipinski definition) is 0. The minimum atomic E-state index is 0. The molecule has 7 heteroatoms. The Kier molecular flexibility index (Phi) is 7.69. The van der Waals surface area contributed by atoms with Crippen molar-refractivity contribution in [3.8, 4) is 0 Å². The van der Waals surface area contributed by atoms with Crippen molar-refractivity contribution in [1.29, 1.82) is 0 Å². The van der Waals surface area contributed by atoms with E-state index in [-0.39, 0.29) is 71.9 Å². The van der Waals surface area contributed by atoms with Crippen LogP contribution in [-0.4, -0.2) is 33.9 Å². The van der Waals surface area contributed by atoms with E-state index in [0.717, 1.165) is 44.8 Å². The van der Waals surface area contributed by atoms with E-state index in [1.54, 1.807) is 0 Å². The Bertz CT molecular complexity index is 1090. The summed E-state index contributed by atoms with van der Waals surface area (Å²) < 4.78 is 0. The maximum atomic E-state index is 4.59. The Morgan fingerprint density at radius 3 is 1.22 bits per heavy atom. The third-order valence-electron chi connectivity index (χ3n) is 3.92. The Morgan fingerprint density at radius 1 is 0.481 bits per heavy atom. The molecule has 0 fully saturated rings. The van der Waals surface area contributed by atoms with Crippen LogP contribution in [-0.2, 0) is 0 Å². The van der Waals surface area contributed by atoms with Crippen molar-refractivity contribution in [1.82, 2.24) is 19.9 Å². The Labute approximate surface area is 207 Å². The van der Waals surface area contributed by atoms with Gasteiger partial charge in [-0.05, 0) is 30.4 Å². The number of rotatable bonds is 0. The van der Waals surface area contributed by atoms with Crippen molar-refractivity contribution >= 4 is 70.3 Å². The van der Waals surface area contributed by atoms with Crippen LogP contribution >= 0.6 is 0 Å². The van der Waals surface area contributed by atoms with Crippen molar-refractivity contribution in [2.45, 2.75) is 0 Å². The molecular formula is C20H12I2N4Sn. The Balaban J connectivity index is 0.000000871. The summed E-state index contributed by atoms with van der Waals surface area (Å²) in [5.41, 5.74) is 7.15. The number of hydrogen-bond acceptors (Lipinski definition) is 2. The van der Waals surface area contributed by atoms with Gasteiger partial charge in [-0.15, -0.1) is 22.1 Å². The normalized spacial score (nSPS) is 11.3. The summed E-state index contributed by atoms with van der Waals surface area (Å²) in [5, 5.41) is 0. The van der Waals surface area contributed by atoms with Crippen LogP contribution in [0.3, 0.4) is 0 Å². The molecule has 5 heterocycles. The standard InChI is InChI=1S/C20H12N4.2HI.Sn/c1-2-14-10-16-5-6-18(23-16)12-20-8-7-19(24-20)11-17-4-3-15(22-17)9-13(1)21-14;;;/h1-12H;2*1H;/q-2;;;+4/p-2. The van der Waals surface area contributed by atoms with Crippen molar-refractivity contribution in [3.63, 3.8) is 0 Å². The van der Waals surface area contributed by atoms with Gasteiger partial charge in [-0.3, -0.25) is 0 Å². The van der Waals surface area contributed by atoms with Crippen LogP contribution in [0.15, 0.2) is 48.5 Å². The summed E-state index contributed by atoms with van der Waals surface area (Å²) in [4.78, 5) is 18.4. The molecule has 0 aromatic carbocycles. The first-order valence-corrected chi connectivity index (χ1v) is 7.74. The monoisotopic (exact) mass is 682 g/mol. The molecule has 0 spiro atoms. The van der Waals surface area contributed by atoms with E-state index in [1.807, 2.05) is 72.8 Å². The molecule has 3 aromatic rings. The van der Waals surface area contributed by atoms with Gasteiger partial charge in [0.2, 0.25) is 0 Å². The summed E-state index contributed by atoms with van der Waals surface area (Å²) in [5.74, 6) is 0. The SMILES string of the molecule is C1=Cc2cc3ccc(cc4ccc(cc5nc(cc1n2)C=C5)[n-]4)[n-]3.[I-].[I-].[Sn+4]. The molecule has 130 valence electrons. The zero-order valence-corrected chi connectivity index (χ0v) is 21.1. The van der Waals surface area contributed by atoms with Gasteiger partial charge in [-0.2, -0.15) is 0 Å². The summed E-state index contributed by atoms with van der Waals surface area (Å²) in [6.07, 6.45) is 7.95. The summed E-state index contributed by atoms with van der Waals surface area (Å²) >= 11 is 0.